The van der Waals surface area contributed by atoms with Gasteiger partial charge in [0.1, 0.15) is 0 Å². The molecule has 0 fully saturated rings. The van der Waals surface area contributed by atoms with Gasteiger partial charge in [-0.25, -0.2) is 4.79 Å². The van der Waals surface area contributed by atoms with E-state index in [0.29, 0.717) is 17.8 Å². The van der Waals surface area contributed by atoms with Crippen molar-refractivity contribution in [3.63, 3.8) is 0 Å². The first-order valence-electron chi connectivity index (χ1n) is 6.40. The van der Waals surface area contributed by atoms with E-state index in [2.05, 4.69) is 4.98 Å². The molecule has 0 aromatic carbocycles. The Morgan fingerprint density at radius 1 is 1.24 bits per heavy atom. The summed E-state index contributed by atoms with van der Waals surface area (Å²) in [5.41, 5.74) is -0.198. The number of hydrogen-bond donors (Lipinski definition) is 0. The Balaban J connectivity index is 2.21. The summed E-state index contributed by atoms with van der Waals surface area (Å²) in [7, 11) is 3.01. The summed E-state index contributed by atoms with van der Waals surface area (Å²) in [4.78, 5) is 30.4. The molecule has 3 heterocycles. The van der Waals surface area contributed by atoms with Gasteiger partial charge in [0.15, 0.2) is 11.2 Å². The zero-order chi connectivity index (χ0) is 15.1. The van der Waals surface area contributed by atoms with Crippen LogP contribution in [0, 0.1) is 0 Å². The van der Waals surface area contributed by atoms with Gasteiger partial charge in [-0.3, -0.25) is 18.5 Å². The molecule has 0 amide bonds. The minimum atomic E-state index is -0.422. The van der Waals surface area contributed by atoms with E-state index in [0.717, 1.165) is 11.1 Å². The molecule has 0 atom stereocenters. The molecular weight excluding hydrogens is 294 g/mol. The standard InChI is InChI=1S/C13H14ClN5O2/c1-16-10-9(11(20)17(2)13(16)21)19(12(14)15-10)8-18-6-4-3-5-7-18/h3-6H,7-8H2,1-2H3. The van der Waals surface area contributed by atoms with Gasteiger partial charge in [-0.1, -0.05) is 12.2 Å². The lowest BCUT2D eigenvalue weighted by atomic mass is 10.4. The van der Waals surface area contributed by atoms with Crippen molar-refractivity contribution >= 4 is 22.8 Å². The average molecular weight is 308 g/mol. The fraction of sp³-hybridized carbons (Fsp3) is 0.308. The smallest absolute Gasteiger partial charge is 0.332 e. The highest BCUT2D eigenvalue weighted by Crippen LogP contribution is 2.16. The number of nitrogens with zero attached hydrogens (tertiary/aromatic N) is 5. The number of aromatic nitrogens is 4. The Kier molecular flexibility index (Phi) is 3.21. The van der Waals surface area contributed by atoms with Gasteiger partial charge in [-0.2, -0.15) is 4.98 Å². The Morgan fingerprint density at radius 2 is 2.00 bits per heavy atom. The SMILES string of the molecule is Cn1c(=O)c2c(nc(Cl)n2CN2C=CC=CC2)n(C)c1=O. The van der Waals surface area contributed by atoms with Crippen molar-refractivity contribution in [2.45, 2.75) is 6.67 Å². The maximum Gasteiger partial charge on any atom is 0.332 e. The highest BCUT2D eigenvalue weighted by Gasteiger charge is 2.18. The molecular formula is C13H14ClN5O2. The quantitative estimate of drug-likeness (QED) is 0.755. The van der Waals surface area contributed by atoms with Crippen LogP contribution in [0.4, 0.5) is 0 Å². The molecule has 2 aromatic heterocycles. The van der Waals surface area contributed by atoms with Crippen LogP contribution in [-0.2, 0) is 20.8 Å². The second kappa shape index (κ2) is 4.92. The van der Waals surface area contributed by atoms with Gasteiger partial charge >= 0.3 is 5.69 Å². The van der Waals surface area contributed by atoms with Crippen molar-refractivity contribution in [2.75, 3.05) is 6.54 Å². The van der Waals surface area contributed by atoms with Crippen LogP contribution in [0.2, 0.25) is 5.28 Å². The highest BCUT2D eigenvalue weighted by molar-refractivity contribution is 6.29. The zero-order valence-electron chi connectivity index (χ0n) is 11.7. The number of rotatable bonds is 2. The summed E-state index contributed by atoms with van der Waals surface area (Å²) < 4.78 is 4.00. The van der Waals surface area contributed by atoms with Crippen LogP contribution in [0.3, 0.4) is 0 Å². The van der Waals surface area contributed by atoms with Crippen molar-refractivity contribution < 1.29 is 0 Å². The van der Waals surface area contributed by atoms with Crippen molar-refractivity contribution in [2.24, 2.45) is 14.1 Å². The van der Waals surface area contributed by atoms with Gasteiger partial charge in [-0.05, 0) is 17.7 Å². The van der Waals surface area contributed by atoms with Crippen molar-refractivity contribution in [3.05, 3.63) is 50.5 Å². The fourth-order valence-corrected chi connectivity index (χ4v) is 2.56. The van der Waals surface area contributed by atoms with E-state index in [1.807, 2.05) is 29.3 Å². The first-order valence-corrected chi connectivity index (χ1v) is 6.77. The number of allylic oxidation sites excluding steroid dienone is 2. The molecule has 2 aromatic rings. The number of hydrogen-bond acceptors (Lipinski definition) is 4. The molecule has 0 saturated carbocycles. The Morgan fingerprint density at radius 3 is 2.67 bits per heavy atom. The third-order valence-corrected chi connectivity index (χ3v) is 3.80. The number of aryl methyl sites for hydroxylation is 1. The van der Waals surface area contributed by atoms with Gasteiger partial charge in [0.05, 0.1) is 6.67 Å². The van der Waals surface area contributed by atoms with Crippen LogP contribution < -0.4 is 11.2 Å². The summed E-state index contributed by atoms with van der Waals surface area (Å²) in [6, 6.07) is 0. The monoisotopic (exact) mass is 307 g/mol. The van der Waals surface area contributed by atoms with Crippen molar-refractivity contribution in [1.29, 1.82) is 0 Å². The van der Waals surface area contributed by atoms with Crippen LogP contribution in [0.5, 0.6) is 0 Å². The molecule has 21 heavy (non-hydrogen) atoms. The van der Waals surface area contributed by atoms with Crippen molar-refractivity contribution in [1.82, 2.24) is 23.6 Å². The molecule has 0 N–H and O–H groups in total. The summed E-state index contributed by atoms with van der Waals surface area (Å²) >= 11 is 6.16. The Hall–Kier alpha value is -2.28. The average Bonchev–Trinajstić information content (AvgIpc) is 2.81. The van der Waals surface area contributed by atoms with Gasteiger partial charge in [0.25, 0.3) is 5.56 Å². The fourth-order valence-electron chi connectivity index (χ4n) is 2.34. The van der Waals surface area contributed by atoms with E-state index in [4.69, 9.17) is 11.6 Å². The number of fused-ring (bicyclic) bond motifs is 1. The van der Waals surface area contributed by atoms with E-state index < -0.39 is 11.2 Å². The Labute approximate surface area is 125 Å². The molecule has 3 rings (SSSR count). The van der Waals surface area contributed by atoms with Crippen LogP contribution in [0.1, 0.15) is 0 Å². The molecule has 7 nitrogen and oxygen atoms in total. The normalized spacial score (nSPS) is 14.3. The molecule has 8 heteroatoms. The van der Waals surface area contributed by atoms with E-state index in [1.54, 1.807) is 11.6 Å². The van der Waals surface area contributed by atoms with E-state index in [9.17, 15) is 9.59 Å². The highest BCUT2D eigenvalue weighted by atomic mass is 35.5. The number of halogens is 1. The lowest BCUT2D eigenvalue weighted by molar-refractivity contribution is 0.335. The third-order valence-electron chi connectivity index (χ3n) is 3.51. The first-order chi connectivity index (χ1) is 10.0. The minimum Gasteiger partial charge on any atom is -0.356 e. The van der Waals surface area contributed by atoms with E-state index in [-0.39, 0.29) is 5.28 Å². The van der Waals surface area contributed by atoms with Gasteiger partial charge in [0, 0.05) is 26.8 Å². The minimum absolute atomic E-state index is 0.186. The summed E-state index contributed by atoms with van der Waals surface area (Å²) in [6.07, 6.45) is 7.77. The van der Waals surface area contributed by atoms with Gasteiger partial charge in [0.2, 0.25) is 5.28 Å². The van der Waals surface area contributed by atoms with Gasteiger partial charge < -0.3 is 4.90 Å². The van der Waals surface area contributed by atoms with Crippen LogP contribution in [0.25, 0.3) is 11.2 Å². The molecule has 0 aliphatic carbocycles. The van der Waals surface area contributed by atoms with E-state index >= 15 is 0 Å². The molecule has 1 aliphatic heterocycles. The molecule has 0 radical (unpaired) electrons. The molecule has 0 spiro atoms. The molecule has 110 valence electrons. The summed E-state index contributed by atoms with van der Waals surface area (Å²) in [6.45, 7) is 1.11. The second-order valence-electron chi connectivity index (χ2n) is 4.87. The lowest BCUT2D eigenvalue weighted by Gasteiger charge is -2.21. The molecule has 1 aliphatic rings. The Bertz CT molecular complexity index is 887. The second-order valence-corrected chi connectivity index (χ2v) is 5.21. The molecule has 0 bridgehead atoms. The first kappa shape index (κ1) is 13.7. The maximum atomic E-state index is 12.4. The predicted molar refractivity (Wildman–Crippen MR) is 80.2 cm³/mol. The predicted octanol–water partition coefficient (Wildman–Crippen LogP) is 0.430. The number of imidazole rings is 1. The van der Waals surface area contributed by atoms with E-state index in [1.165, 1.54) is 11.6 Å². The van der Waals surface area contributed by atoms with Crippen LogP contribution in [-0.4, -0.2) is 30.1 Å². The molecule has 0 saturated heterocycles. The summed E-state index contributed by atoms with van der Waals surface area (Å²) in [5.74, 6) is 0. The maximum absolute atomic E-state index is 12.4. The summed E-state index contributed by atoms with van der Waals surface area (Å²) in [5, 5.41) is 0.186. The third kappa shape index (κ3) is 2.09. The van der Waals surface area contributed by atoms with Gasteiger partial charge in [-0.15, -0.1) is 0 Å². The molecule has 0 unspecified atom stereocenters. The largest absolute Gasteiger partial charge is 0.356 e. The van der Waals surface area contributed by atoms with Crippen molar-refractivity contribution in [3.8, 4) is 0 Å². The van der Waals surface area contributed by atoms with Crippen LogP contribution in [0.15, 0.2) is 34.0 Å². The topological polar surface area (TPSA) is 65.1 Å². The zero-order valence-corrected chi connectivity index (χ0v) is 12.4. The van der Waals surface area contributed by atoms with Crippen LogP contribution >= 0.6 is 11.6 Å². The lowest BCUT2D eigenvalue weighted by Crippen LogP contribution is -2.38.